The van der Waals surface area contributed by atoms with Crippen molar-refractivity contribution in [3.8, 4) is 0 Å². The van der Waals surface area contributed by atoms with Crippen molar-refractivity contribution in [2.75, 3.05) is 32.0 Å². The summed E-state index contributed by atoms with van der Waals surface area (Å²) in [7, 11) is 0. The number of amides is 1. The fourth-order valence-electron chi connectivity index (χ4n) is 2.73. The summed E-state index contributed by atoms with van der Waals surface area (Å²) >= 11 is 5.85. The Labute approximate surface area is 122 Å². The van der Waals surface area contributed by atoms with E-state index in [9.17, 15) is 4.79 Å². The van der Waals surface area contributed by atoms with Crippen LogP contribution in [0.2, 0.25) is 5.02 Å². The second-order valence-electron chi connectivity index (χ2n) is 5.13. The lowest BCUT2D eigenvalue weighted by Crippen LogP contribution is -2.47. The molecule has 0 aromatic heterocycles. The number of ether oxygens (including phenoxy) is 2. The summed E-state index contributed by atoms with van der Waals surface area (Å²) in [5, 5.41) is 0.532. The van der Waals surface area contributed by atoms with Gasteiger partial charge in [-0.2, -0.15) is 0 Å². The van der Waals surface area contributed by atoms with E-state index in [1.54, 1.807) is 23.1 Å². The highest BCUT2D eigenvalue weighted by Crippen LogP contribution is 2.32. The molecule has 108 valence electrons. The van der Waals surface area contributed by atoms with Crippen molar-refractivity contribution in [3.63, 3.8) is 0 Å². The van der Waals surface area contributed by atoms with Crippen LogP contribution in [0.15, 0.2) is 18.2 Å². The van der Waals surface area contributed by atoms with Crippen LogP contribution in [0.1, 0.15) is 23.2 Å². The van der Waals surface area contributed by atoms with Gasteiger partial charge in [-0.15, -0.1) is 0 Å². The first-order valence-corrected chi connectivity index (χ1v) is 7.10. The fourth-order valence-corrected chi connectivity index (χ4v) is 2.92. The number of likely N-dealkylation sites (tertiary alicyclic amines) is 1. The summed E-state index contributed by atoms with van der Waals surface area (Å²) in [4.78, 5) is 14.2. The van der Waals surface area contributed by atoms with Gasteiger partial charge in [-0.25, -0.2) is 0 Å². The van der Waals surface area contributed by atoms with Crippen LogP contribution in [-0.2, 0) is 9.47 Å². The SMILES string of the molecule is Nc1cc(Cl)ccc1C(=O)N1CCC2(CC1)OCCO2. The minimum absolute atomic E-state index is 0.0630. The monoisotopic (exact) mass is 296 g/mol. The van der Waals surface area contributed by atoms with Gasteiger partial charge in [0.05, 0.1) is 18.8 Å². The minimum atomic E-state index is -0.470. The van der Waals surface area contributed by atoms with Crippen molar-refractivity contribution < 1.29 is 14.3 Å². The molecule has 2 heterocycles. The standard InChI is InChI=1S/C14H17ClN2O3/c15-10-1-2-11(12(16)9-10)13(18)17-5-3-14(4-6-17)19-7-8-20-14/h1-2,9H,3-8,16H2. The van der Waals surface area contributed by atoms with E-state index in [-0.39, 0.29) is 5.91 Å². The van der Waals surface area contributed by atoms with Crippen LogP contribution >= 0.6 is 11.6 Å². The molecule has 2 fully saturated rings. The van der Waals surface area contributed by atoms with Gasteiger partial charge in [-0.05, 0) is 18.2 Å². The van der Waals surface area contributed by atoms with E-state index >= 15 is 0 Å². The number of carbonyl (C=O) groups excluding carboxylic acids is 1. The molecule has 1 amide bonds. The van der Waals surface area contributed by atoms with E-state index in [2.05, 4.69) is 0 Å². The molecule has 0 bridgehead atoms. The molecule has 2 aliphatic heterocycles. The third-order valence-corrected chi connectivity index (χ3v) is 4.11. The van der Waals surface area contributed by atoms with Gasteiger partial charge in [0.1, 0.15) is 0 Å². The third-order valence-electron chi connectivity index (χ3n) is 3.87. The van der Waals surface area contributed by atoms with E-state index in [1.807, 2.05) is 0 Å². The van der Waals surface area contributed by atoms with E-state index in [4.69, 9.17) is 26.8 Å². The molecule has 0 atom stereocenters. The summed E-state index contributed by atoms with van der Waals surface area (Å²) in [6, 6.07) is 4.95. The molecule has 0 unspecified atom stereocenters. The number of hydrogen-bond acceptors (Lipinski definition) is 4. The highest BCUT2D eigenvalue weighted by Gasteiger charge is 2.40. The van der Waals surface area contributed by atoms with Crippen LogP contribution in [-0.4, -0.2) is 42.9 Å². The van der Waals surface area contributed by atoms with Gasteiger partial charge in [0.15, 0.2) is 5.79 Å². The number of anilines is 1. The Bertz CT molecular complexity index is 519. The van der Waals surface area contributed by atoms with E-state index in [1.165, 1.54) is 0 Å². The van der Waals surface area contributed by atoms with Gasteiger partial charge in [-0.1, -0.05) is 11.6 Å². The Balaban J connectivity index is 1.69. The molecule has 1 spiro atoms. The molecular weight excluding hydrogens is 280 g/mol. The lowest BCUT2D eigenvalue weighted by Gasteiger charge is -2.37. The van der Waals surface area contributed by atoms with E-state index in [0.717, 1.165) is 0 Å². The van der Waals surface area contributed by atoms with Gasteiger partial charge in [0, 0.05) is 36.6 Å². The number of hydrogen-bond donors (Lipinski definition) is 1. The first kappa shape index (κ1) is 13.7. The second-order valence-corrected chi connectivity index (χ2v) is 5.57. The van der Waals surface area contributed by atoms with Crippen LogP contribution in [0.25, 0.3) is 0 Å². The average molecular weight is 297 g/mol. The zero-order valence-corrected chi connectivity index (χ0v) is 11.9. The summed E-state index contributed by atoms with van der Waals surface area (Å²) in [6.45, 7) is 2.50. The Kier molecular flexibility index (Phi) is 3.58. The Morgan fingerprint density at radius 2 is 1.90 bits per heavy atom. The van der Waals surface area contributed by atoms with Crippen molar-refractivity contribution >= 4 is 23.2 Å². The van der Waals surface area contributed by atoms with Gasteiger partial charge in [0.25, 0.3) is 5.91 Å². The number of nitrogens with two attached hydrogens (primary N) is 1. The highest BCUT2D eigenvalue weighted by molar-refractivity contribution is 6.31. The topological polar surface area (TPSA) is 64.8 Å². The average Bonchev–Trinajstić information content (AvgIpc) is 2.87. The quantitative estimate of drug-likeness (QED) is 0.804. The molecule has 1 aromatic carbocycles. The molecule has 20 heavy (non-hydrogen) atoms. The largest absolute Gasteiger partial charge is 0.398 e. The Morgan fingerprint density at radius 1 is 1.25 bits per heavy atom. The molecule has 2 aliphatic rings. The molecule has 0 aliphatic carbocycles. The maximum Gasteiger partial charge on any atom is 0.255 e. The predicted octanol–water partition coefficient (Wildman–Crippen LogP) is 1.90. The molecule has 5 nitrogen and oxygen atoms in total. The smallest absolute Gasteiger partial charge is 0.255 e. The summed E-state index contributed by atoms with van der Waals surface area (Å²) in [5.41, 5.74) is 6.78. The van der Waals surface area contributed by atoms with Crippen molar-refractivity contribution in [2.24, 2.45) is 0 Å². The zero-order chi connectivity index (χ0) is 14.2. The maximum atomic E-state index is 12.5. The number of piperidine rings is 1. The molecule has 2 N–H and O–H groups in total. The minimum Gasteiger partial charge on any atom is -0.398 e. The number of carbonyl (C=O) groups is 1. The number of benzene rings is 1. The lowest BCUT2D eigenvalue weighted by atomic mass is 10.0. The van der Waals surface area contributed by atoms with Crippen molar-refractivity contribution in [2.45, 2.75) is 18.6 Å². The molecule has 0 radical (unpaired) electrons. The van der Waals surface area contributed by atoms with Gasteiger partial charge in [0.2, 0.25) is 0 Å². The van der Waals surface area contributed by atoms with Crippen molar-refractivity contribution in [1.82, 2.24) is 4.90 Å². The molecule has 3 rings (SSSR count). The summed E-state index contributed by atoms with van der Waals surface area (Å²) in [5.74, 6) is -0.533. The van der Waals surface area contributed by atoms with Crippen LogP contribution in [0.5, 0.6) is 0 Å². The first-order chi connectivity index (χ1) is 9.60. The van der Waals surface area contributed by atoms with Crippen LogP contribution in [0.3, 0.4) is 0 Å². The van der Waals surface area contributed by atoms with Crippen molar-refractivity contribution in [3.05, 3.63) is 28.8 Å². The van der Waals surface area contributed by atoms with E-state index < -0.39 is 5.79 Å². The van der Waals surface area contributed by atoms with E-state index in [0.29, 0.717) is 55.4 Å². The normalized spacial score (nSPS) is 21.4. The third kappa shape index (κ3) is 2.49. The zero-order valence-electron chi connectivity index (χ0n) is 11.1. The maximum absolute atomic E-state index is 12.5. The number of halogens is 1. The second kappa shape index (κ2) is 5.24. The van der Waals surface area contributed by atoms with Crippen LogP contribution < -0.4 is 5.73 Å². The Morgan fingerprint density at radius 3 is 2.50 bits per heavy atom. The molecule has 2 saturated heterocycles. The van der Waals surface area contributed by atoms with Gasteiger partial charge < -0.3 is 20.1 Å². The summed E-state index contributed by atoms with van der Waals surface area (Å²) in [6.07, 6.45) is 1.40. The fraction of sp³-hybridized carbons (Fsp3) is 0.500. The number of nitrogens with zero attached hydrogens (tertiary/aromatic N) is 1. The molecular formula is C14H17ClN2O3. The molecule has 0 saturated carbocycles. The first-order valence-electron chi connectivity index (χ1n) is 6.72. The van der Waals surface area contributed by atoms with Crippen molar-refractivity contribution in [1.29, 1.82) is 0 Å². The van der Waals surface area contributed by atoms with Crippen LogP contribution in [0, 0.1) is 0 Å². The Hall–Kier alpha value is -1.30. The number of rotatable bonds is 1. The predicted molar refractivity (Wildman–Crippen MR) is 75.6 cm³/mol. The molecule has 1 aromatic rings. The molecule has 6 heteroatoms. The van der Waals surface area contributed by atoms with Gasteiger partial charge in [-0.3, -0.25) is 4.79 Å². The van der Waals surface area contributed by atoms with Gasteiger partial charge >= 0.3 is 0 Å². The summed E-state index contributed by atoms with van der Waals surface area (Å²) < 4.78 is 11.3. The van der Waals surface area contributed by atoms with Crippen LogP contribution in [0.4, 0.5) is 5.69 Å². The highest BCUT2D eigenvalue weighted by atomic mass is 35.5. The lowest BCUT2D eigenvalue weighted by molar-refractivity contribution is -0.181. The number of nitrogen functional groups attached to an aromatic ring is 1.